The summed E-state index contributed by atoms with van der Waals surface area (Å²) >= 11 is 6.04. The van der Waals surface area contributed by atoms with E-state index in [1.165, 1.54) is 4.68 Å². The highest BCUT2D eigenvalue weighted by Gasteiger charge is 2.41. The lowest BCUT2D eigenvalue weighted by Crippen LogP contribution is -2.25. The maximum absolute atomic E-state index is 11.9. The van der Waals surface area contributed by atoms with Crippen LogP contribution in [0.5, 0.6) is 0 Å². The highest BCUT2D eigenvalue weighted by Crippen LogP contribution is 2.48. The first-order valence-corrected chi connectivity index (χ1v) is 6.71. The van der Waals surface area contributed by atoms with Crippen LogP contribution in [0, 0.1) is 5.41 Å². The van der Waals surface area contributed by atoms with Crippen molar-refractivity contribution in [3.05, 3.63) is 34.2 Å². The van der Waals surface area contributed by atoms with E-state index in [0.717, 1.165) is 19.3 Å². The van der Waals surface area contributed by atoms with Gasteiger partial charge in [0.2, 0.25) is 0 Å². The smallest absolute Gasteiger partial charge is 0.287 e. The van der Waals surface area contributed by atoms with Crippen LogP contribution in [-0.4, -0.2) is 28.0 Å². The van der Waals surface area contributed by atoms with Gasteiger partial charge in [0.1, 0.15) is 5.02 Å². The van der Waals surface area contributed by atoms with Crippen molar-refractivity contribution in [2.24, 2.45) is 5.41 Å². The Hall–Kier alpha value is -1.33. The van der Waals surface area contributed by atoms with E-state index in [0.29, 0.717) is 18.8 Å². The highest BCUT2D eigenvalue weighted by molar-refractivity contribution is 6.32. The normalized spacial score (nSPS) is 16.1. The van der Waals surface area contributed by atoms with Gasteiger partial charge in [0.15, 0.2) is 0 Å². The molecule has 0 aromatic carbocycles. The quantitative estimate of drug-likeness (QED) is 0.747. The topological polar surface area (TPSA) is 67.2 Å². The zero-order chi connectivity index (χ0) is 13.9. The van der Waals surface area contributed by atoms with E-state index in [2.05, 4.69) is 17.0 Å². The molecule has 2 N–H and O–H groups in total. The fraction of sp³-hybridized carbons (Fsp3) is 0.538. The van der Waals surface area contributed by atoms with E-state index in [-0.39, 0.29) is 22.6 Å². The summed E-state index contributed by atoms with van der Waals surface area (Å²) in [4.78, 5) is 11.9. The molecule has 1 aromatic heterocycles. The van der Waals surface area contributed by atoms with E-state index < -0.39 is 0 Å². The third-order valence-electron chi connectivity index (χ3n) is 3.54. The Morgan fingerprint density at radius 3 is 2.95 bits per heavy atom. The number of aliphatic hydroxyl groups is 1. The van der Waals surface area contributed by atoms with Crippen LogP contribution in [0.25, 0.3) is 0 Å². The predicted octanol–water partition coefficient (Wildman–Crippen LogP) is 1.66. The van der Waals surface area contributed by atoms with Gasteiger partial charge in [0, 0.05) is 13.2 Å². The molecule has 1 heterocycles. The number of allylic oxidation sites excluding steroid dienone is 1. The zero-order valence-electron chi connectivity index (χ0n) is 10.7. The van der Waals surface area contributed by atoms with Gasteiger partial charge in [-0.25, -0.2) is 4.68 Å². The van der Waals surface area contributed by atoms with E-state index in [4.69, 9.17) is 16.7 Å². The molecule has 5 nitrogen and oxygen atoms in total. The molecule has 1 aliphatic carbocycles. The molecule has 1 saturated carbocycles. The number of hydrogen-bond donors (Lipinski definition) is 2. The second-order valence-electron chi connectivity index (χ2n) is 4.98. The Morgan fingerprint density at radius 2 is 2.37 bits per heavy atom. The van der Waals surface area contributed by atoms with Crippen LogP contribution >= 0.6 is 11.6 Å². The fourth-order valence-corrected chi connectivity index (χ4v) is 2.27. The lowest BCUT2D eigenvalue weighted by molar-refractivity contribution is 0.253. The third kappa shape index (κ3) is 3.16. The van der Waals surface area contributed by atoms with Gasteiger partial charge < -0.3 is 10.4 Å². The zero-order valence-corrected chi connectivity index (χ0v) is 11.5. The standard InChI is InChI=1S/C13H18ClN3O2/c1-2-6-17-12(19)11(14)10(8-16-17)15-9-13(3-4-13)5-7-18/h2,8,15,18H,1,3-7,9H2. The van der Waals surface area contributed by atoms with Crippen molar-refractivity contribution in [1.29, 1.82) is 0 Å². The summed E-state index contributed by atoms with van der Waals surface area (Å²) in [7, 11) is 0. The molecule has 104 valence electrons. The maximum Gasteiger partial charge on any atom is 0.287 e. The van der Waals surface area contributed by atoms with Gasteiger partial charge in [0.25, 0.3) is 5.56 Å². The van der Waals surface area contributed by atoms with Crippen molar-refractivity contribution in [2.75, 3.05) is 18.5 Å². The lowest BCUT2D eigenvalue weighted by Gasteiger charge is -2.16. The minimum atomic E-state index is -0.321. The van der Waals surface area contributed by atoms with Crippen LogP contribution in [0.4, 0.5) is 5.69 Å². The molecule has 0 radical (unpaired) electrons. The van der Waals surface area contributed by atoms with Crippen molar-refractivity contribution < 1.29 is 5.11 Å². The average molecular weight is 284 g/mol. The minimum Gasteiger partial charge on any atom is -0.396 e. The first-order chi connectivity index (χ1) is 9.12. The van der Waals surface area contributed by atoms with Gasteiger partial charge in [-0.3, -0.25) is 4.79 Å². The van der Waals surface area contributed by atoms with Crippen LogP contribution in [0.3, 0.4) is 0 Å². The van der Waals surface area contributed by atoms with E-state index in [1.807, 2.05) is 0 Å². The summed E-state index contributed by atoms with van der Waals surface area (Å²) in [5.41, 5.74) is 0.392. The fourth-order valence-electron chi connectivity index (χ4n) is 2.05. The Morgan fingerprint density at radius 1 is 1.63 bits per heavy atom. The van der Waals surface area contributed by atoms with Gasteiger partial charge in [-0.2, -0.15) is 5.10 Å². The summed E-state index contributed by atoms with van der Waals surface area (Å²) < 4.78 is 1.27. The van der Waals surface area contributed by atoms with Gasteiger partial charge in [-0.1, -0.05) is 17.7 Å². The second-order valence-corrected chi connectivity index (χ2v) is 5.35. The summed E-state index contributed by atoms with van der Waals surface area (Å²) in [6.45, 7) is 4.80. The SMILES string of the molecule is C=CCn1ncc(NCC2(CCO)CC2)c(Cl)c1=O. The molecule has 0 amide bonds. The molecular weight excluding hydrogens is 266 g/mol. The number of rotatable bonds is 7. The molecule has 0 saturated heterocycles. The van der Waals surface area contributed by atoms with Crippen molar-refractivity contribution in [3.63, 3.8) is 0 Å². The van der Waals surface area contributed by atoms with Crippen LogP contribution in [0.15, 0.2) is 23.6 Å². The monoisotopic (exact) mass is 283 g/mol. The Balaban J connectivity index is 2.07. The Kier molecular flexibility index (Phi) is 4.27. The molecule has 0 atom stereocenters. The Bertz CT molecular complexity index is 523. The van der Waals surface area contributed by atoms with Crippen molar-refractivity contribution in [2.45, 2.75) is 25.8 Å². The van der Waals surface area contributed by atoms with E-state index in [1.54, 1.807) is 12.3 Å². The second kappa shape index (κ2) is 5.75. The third-order valence-corrected chi connectivity index (χ3v) is 3.91. The summed E-state index contributed by atoms with van der Waals surface area (Å²) in [6.07, 6.45) is 6.12. The molecule has 1 fully saturated rings. The van der Waals surface area contributed by atoms with E-state index >= 15 is 0 Å². The minimum absolute atomic E-state index is 0.150. The van der Waals surface area contributed by atoms with Crippen molar-refractivity contribution in [1.82, 2.24) is 9.78 Å². The van der Waals surface area contributed by atoms with Gasteiger partial charge in [-0.05, 0) is 24.7 Å². The van der Waals surface area contributed by atoms with Crippen molar-refractivity contribution >= 4 is 17.3 Å². The number of hydrogen-bond acceptors (Lipinski definition) is 4. The predicted molar refractivity (Wildman–Crippen MR) is 75.6 cm³/mol. The highest BCUT2D eigenvalue weighted by atomic mass is 35.5. The number of nitrogens with zero attached hydrogens (tertiary/aromatic N) is 2. The van der Waals surface area contributed by atoms with E-state index in [9.17, 15) is 4.79 Å². The first kappa shape index (κ1) is 14.1. The van der Waals surface area contributed by atoms with Crippen LogP contribution in [0.1, 0.15) is 19.3 Å². The first-order valence-electron chi connectivity index (χ1n) is 6.33. The number of anilines is 1. The number of halogens is 1. The molecule has 0 spiro atoms. The Labute approximate surface area is 116 Å². The summed E-state index contributed by atoms with van der Waals surface area (Å²) in [6, 6.07) is 0. The molecule has 1 aromatic rings. The number of nitrogens with one attached hydrogen (secondary N) is 1. The molecular formula is C13H18ClN3O2. The number of aliphatic hydroxyl groups excluding tert-OH is 1. The molecule has 0 aliphatic heterocycles. The molecule has 0 bridgehead atoms. The summed E-state index contributed by atoms with van der Waals surface area (Å²) in [5, 5.41) is 16.4. The van der Waals surface area contributed by atoms with Crippen LogP contribution < -0.4 is 10.9 Å². The molecule has 1 aliphatic rings. The van der Waals surface area contributed by atoms with Crippen LogP contribution in [-0.2, 0) is 6.54 Å². The van der Waals surface area contributed by atoms with Gasteiger partial charge >= 0.3 is 0 Å². The summed E-state index contributed by atoms with van der Waals surface area (Å²) in [5.74, 6) is 0. The molecule has 0 unspecified atom stereocenters. The average Bonchev–Trinajstić information content (AvgIpc) is 3.15. The molecule has 19 heavy (non-hydrogen) atoms. The number of aromatic nitrogens is 2. The van der Waals surface area contributed by atoms with Gasteiger partial charge in [0.05, 0.1) is 18.4 Å². The van der Waals surface area contributed by atoms with Gasteiger partial charge in [-0.15, -0.1) is 6.58 Å². The largest absolute Gasteiger partial charge is 0.396 e. The maximum atomic E-state index is 11.9. The molecule has 6 heteroatoms. The van der Waals surface area contributed by atoms with Crippen LogP contribution in [0.2, 0.25) is 5.02 Å². The van der Waals surface area contributed by atoms with Crippen molar-refractivity contribution in [3.8, 4) is 0 Å². The lowest BCUT2D eigenvalue weighted by atomic mass is 10.0. The molecule has 2 rings (SSSR count).